The average molecular weight is 283 g/mol. The fourth-order valence-corrected chi connectivity index (χ4v) is 2.68. The quantitative estimate of drug-likeness (QED) is 0.869. The topological polar surface area (TPSA) is 62.3 Å². The van der Waals surface area contributed by atoms with E-state index in [1.807, 2.05) is 24.3 Å². The first-order chi connectivity index (χ1) is 9.99. The van der Waals surface area contributed by atoms with Gasteiger partial charge in [0.05, 0.1) is 5.69 Å². The molecule has 108 valence electrons. The molecule has 1 aromatic heterocycles. The number of nitrogens with one attached hydrogen (secondary N) is 1. The first-order valence-electron chi connectivity index (χ1n) is 6.95. The van der Waals surface area contributed by atoms with Gasteiger partial charge in [0.25, 0.3) is 5.91 Å². The number of anilines is 1. The third-order valence-electron chi connectivity index (χ3n) is 3.75. The van der Waals surface area contributed by atoms with Crippen LogP contribution in [0.2, 0.25) is 0 Å². The smallest absolute Gasteiger partial charge is 0.252 e. The highest BCUT2D eigenvalue weighted by Gasteiger charge is 2.37. The molecular formula is C16H17N3O2. The van der Waals surface area contributed by atoms with Crippen molar-refractivity contribution in [2.75, 3.05) is 11.4 Å². The maximum Gasteiger partial charge on any atom is 0.252 e. The zero-order valence-corrected chi connectivity index (χ0v) is 12.1. The van der Waals surface area contributed by atoms with Gasteiger partial charge in [0.1, 0.15) is 5.54 Å². The highest BCUT2D eigenvalue weighted by atomic mass is 16.2. The molecule has 5 heteroatoms. The van der Waals surface area contributed by atoms with Gasteiger partial charge < -0.3 is 10.2 Å². The predicted octanol–water partition coefficient (Wildman–Crippen LogP) is 1.87. The van der Waals surface area contributed by atoms with Gasteiger partial charge in [0.15, 0.2) is 0 Å². The lowest BCUT2D eigenvalue weighted by Crippen LogP contribution is -2.53. The molecule has 5 nitrogen and oxygen atoms in total. The van der Waals surface area contributed by atoms with Crippen molar-refractivity contribution in [3.8, 4) is 0 Å². The van der Waals surface area contributed by atoms with E-state index in [0.717, 1.165) is 16.5 Å². The normalized spacial score (nSPS) is 18.5. The Bertz CT molecular complexity index is 719. The second-order valence-corrected chi connectivity index (χ2v) is 5.75. The molecule has 2 amide bonds. The summed E-state index contributed by atoms with van der Waals surface area (Å²) in [6, 6.07) is 7.71. The monoisotopic (exact) mass is 283 g/mol. The van der Waals surface area contributed by atoms with Gasteiger partial charge in [-0.1, -0.05) is 12.1 Å². The maximum atomic E-state index is 12.7. The molecule has 0 radical (unpaired) electrons. The molecule has 0 saturated carbocycles. The second-order valence-electron chi connectivity index (χ2n) is 5.75. The average Bonchev–Trinajstić information content (AvgIpc) is 2.56. The van der Waals surface area contributed by atoms with E-state index in [1.54, 1.807) is 31.1 Å². The van der Waals surface area contributed by atoms with E-state index in [9.17, 15) is 9.59 Å². The molecule has 0 atom stereocenters. The lowest BCUT2D eigenvalue weighted by Gasteiger charge is -2.29. The van der Waals surface area contributed by atoms with E-state index in [2.05, 4.69) is 10.3 Å². The summed E-state index contributed by atoms with van der Waals surface area (Å²) in [7, 11) is 0. The van der Waals surface area contributed by atoms with Gasteiger partial charge in [-0.3, -0.25) is 14.6 Å². The van der Waals surface area contributed by atoms with Crippen LogP contribution in [0.25, 0.3) is 10.8 Å². The summed E-state index contributed by atoms with van der Waals surface area (Å²) in [4.78, 5) is 30.4. The van der Waals surface area contributed by atoms with Crippen molar-refractivity contribution in [1.82, 2.24) is 10.3 Å². The van der Waals surface area contributed by atoms with Gasteiger partial charge in [0, 0.05) is 30.7 Å². The number of fused-ring (bicyclic) bond motifs is 1. The standard InChI is InChI=1S/C16H17N3O2/c1-16(2)15(21)19(9-7-14(20)18-16)13-5-3-4-11-6-8-17-10-12(11)13/h3-6,8,10H,7,9H2,1-2H3,(H,18,20). The first kappa shape index (κ1) is 13.5. The Morgan fingerprint density at radius 1 is 1.24 bits per heavy atom. The van der Waals surface area contributed by atoms with Crippen molar-refractivity contribution in [3.05, 3.63) is 36.7 Å². The summed E-state index contributed by atoms with van der Waals surface area (Å²) in [5.41, 5.74) is -0.104. The Balaban J connectivity index is 2.13. The molecule has 0 spiro atoms. The van der Waals surface area contributed by atoms with Crippen molar-refractivity contribution in [1.29, 1.82) is 0 Å². The highest BCUT2D eigenvalue weighted by Crippen LogP contribution is 2.29. The molecule has 2 aromatic rings. The van der Waals surface area contributed by atoms with Gasteiger partial charge in [-0.05, 0) is 31.4 Å². The lowest BCUT2D eigenvalue weighted by molar-refractivity contribution is -0.128. The lowest BCUT2D eigenvalue weighted by atomic mass is 10.0. The van der Waals surface area contributed by atoms with Crippen LogP contribution in [0, 0.1) is 0 Å². The van der Waals surface area contributed by atoms with Crippen LogP contribution in [0.4, 0.5) is 5.69 Å². The van der Waals surface area contributed by atoms with Crippen LogP contribution < -0.4 is 10.2 Å². The Kier molecular flexibility index (Phi) is 3.12. The Morgan fingerprint density at radius 2 is 2.05 bits per heavy atom. The minimum Gasteiger partial charge on any atom is -0.342 e. The van der Waals surface area contributed by atoms with Crippen molar-refractivity contribution < 1.29 is 9.59 Å². The van der Waals surface area contributed by atoms with Crippen LogP contribution in [-0.2, 0) is 9.59 Å². The number of nitrogens with zero attached hydrogens (tertiary/aromatic N) is 2. The first-order valence-corrected chi connectivity index (χ1v) is 6.95. The molecule has 1 N–H and O–H groups in total. The zero-order chi connectivity index (χ0) is 15.0. The molecule has 3 rings (SSSR count). The van der Waals surface area contributed by atoms with E-state index in [-0.39, 0.29) is 11.8 Å². The van der Waals surface area contributed by atoms with E-state index in [4.69, 9.17) is 0 Å². The molecule has 1 saturated heterocycles. The summed E-state index contributed by atoms with van der Waals surface area (Å²) in [6.45, 7) is 3.84. The van der Waals surface area contributed by atoms with Crippen molar-refractivity contribution in [3.63, 3.8) is 0 Å². The van der Waals surface area contributed by atoms with Crippen molar-refractivity contribution in [2.45, 2.75) is 25.8 Å². The zero-order valence-electron chi connectivity index (χ0n) is 12.1. The SMILES string of the molecule is CC1(C)NC(=O)CCN(c2cccc3ccncc23)C1=O. The van der Waals surface area contributed by atoms with E-state index in [1.165, 1.54) is 0 Å². The second kappa shape index (κ2) is 4.84. The van der Waals surface area contributed by atoms with Crippen LogP contribution in [-0.4, -0.2) is 28.9 Å². The third kappa shape index (κ3) is 2.35. The Labute approximate surface area is 123 Å². The number of carbonyl (C=O) groups is 2. The van der Waals surface area contributed by atoms with Crippen molar-refractivity contribution >= 4 is 28.3 Å². The van der Waals surface area contributed by atoms with Gasteiger partial charge in [-0.2, -0.15) is 0 Å². The number of hydrogen-bond donors (Lipinski definition) is 1. The van der Waals surface area contributed by atoms with E-state index < -0.39 is 5.54 Å². The molecular weight excluding hydrogens is 266 g/mol. The fraction of sp³-hybridized carbons (Fsp3) is 0.312. The van der Waals surface area contributed by atoms with Crippen LogP contribution in [0.5, 0.6) is 0 Å². The van der Waals surface area contributed by atoms with Crippen LogP contribution in [0.1, 0.15) is 20.3 Å². The molecule has 21 heavy (non-hydrogen) atoms. The predicted molar refractivity (Wildman–Crippen MR) is 80.9 cm³/mol. The maximum absolute atomic E-state index is 12.7. The third-order valence-corrected chi connectivity index (χ3v) is 3.75. The number of benzene rings is 1. The number of amides is 2. The summed E-state index contributed by atoms with van der Waals surface area (Å²) in [5.74, 6) is -0.209. The molecule has 0 unspecified atom stereocenters. The Hall–Kier alpha value is -2.43. The number of rotatable bonds is 1. The van der Waals surface area contributed by atoms with Gasteiger partial charge in [0.2, 0.25) is 5.91 Å². The summed E-state index contributed by atoms with van der Waals surface area (Å²) in [5, 5.41) is 4.71. The fourth-order valence-electron chi connectivity index (χ4n) is 2.68. The minimum atomic E-state index is -0.905. The van der Waals surface area contributed by atoms with Crippen LogP contribution >= 0.6 is 0 Å². The molecule has 2 heterocycles. The van der Waals surface area contributed by atoms with Gasteiger partial charge >= 0.3 is 0 Å². The number of carbonyl (C=O) groups excluding carboxylic acids is 2. The van der Waals surface area contributed by atoms with Crippen LogP contribution in [0.15, 0.2) is 36.7 Å². The molecule has 1 aromatic carbocycles. The molecule has 0 aliphatic carbocycles. The number of aromatic nitrogens is 1. The number of hydrogen-bond acceptors (Lipinski definition) is 3. The highest BCUT2D eigenvalue weighted by molar-refractivity contribution is 6.08. The van der Waals surface area contributed by atoms with Gasteiger partial charge in [-0.15, -0.1) is 0 Å². The summed E-state index contributed by atoms with van der Waals surface area (Å²) < 4.78 is 0. The van der Waals surface area contributed by atoms with Crippen molar-refractivity contribution in [2.24, 2.45) is 0 Å². The summed E-state index contributed by atoms with van der Waals surface area (Å²) in [6.07, 6.45) is 3.78. The van der Waals surface area contributed by atoms with Crippen LogP contribution in [0.3, 0.4) is 0 Å². The minimum absolute atomic E-state index is 0.103. The molecule has 1 fully saturated rings. The molecule has 0 bridgehead atoms. The van der Waals surface area contributed by atoms with Gasteiger partial charge in [-0.25, -0.2) is 0 Å². The Morgan fingerprint density at radius 3 is 2.86 bits per heavy atom. The van der Waals surface area contributed by atoms with E-state index in [0.29, 0.717) is 13.0 Å². The van der Waals surface area contributed by atoms with E-state index >= 15 is 0 Å². The molecule has 1 aliphatic heterocycles. The summed E-state index contributed by atoms with van der Waals surface area (Å²) >= 11 is 0. The molecule has 1 aliphatic rings. The number of pyridine rings is 1. The largest absolute Gasteiger partial charge is 0.342 e.